The Labute approximate surface area is 89.6 Å². The van der Waals surface area contributed by atoms with Gasteiger partial charge in [0.15, 0.2) is 4.73 Å². The number of aromatic nitrogens is 2. The summed E-state index contributed by atoms with van der Waals surface area (Å²) in [6.45, 7) is 0. The summed E-state index contributed by atoms with van der Waals surface area (Å²) in [5.41, 5.74) is 1.65. The lowest BCUT2D eigenvalue weighted by molar-refractivity contribution is 0.475. The average Bonchev–Trinajstić information content (AvgIpc) is 2.18. The lowest BCUT2D eigenvalue weighted by Crippen LogP contribution is -1.86. The standard InChI is InChI=1S/C10H7BrN2O/c11-10-12-5-4-9(13-10)7-2-1-3-8(14)6-7/h1-6,14H. The molecule has 0 amide bonds. The van der Waals surface area contributed by atoms with Gasteiger partial charge in [-0.1, -0.05) is 12.1 Å². The number of aromatic hydroxyl groups is 1. The molecule has 14 heavy (non-hydrogen) atoms. The first kappa shape index (κ1) is 9.15. The van der Waals surface area contributed by atoms with Crippen molar-refractivity contribution in [1.29, 1.82) is 0 Å². The van der Waals surface area contributed by atoms with Crippen molar-refractivity contribution in [2.45, 2.75) is 0 Å². The summed E-state index contributed by atoms with van der Waals surface area (Å²) in [5, 5.41) is 9.29. The van der Waals surface area contributed by atoms with Gasteiger partial charge < -0.3 is 5.11 Å². The fraction of sp³-hybridized carbons (Fsp3) is 0. The highest BCUT2D eigenvalue weighted by Gasteiger charge is 2.00. The second kappa shape index (κ2) is 3.75. The van der Waals surface area contributed by atoms with Crippen molar-refractivity contribution >= 4 is 15.9 Å². The van der Waals surface area contributed by atoms with Crippen LogP contribution in [-0.4, -0.2) is 15.1 Å². The van der Waals surface area contributed by atoms with Gasteiger partial charge in [0.05, 0.1) is 5.69 Å². The van der Waals surface area contributed by atoms with E-state index in [0.29, 0.717) is 4.73 Å². The minimum Gasteiger partial charge on any atom is -0.508 e. The first-order chi connectivity index (χ1) is 6.75. The topological polar surface area (TPSA) is 46.0 Å². The zero-order chi connectivity index (χ0) is 9.97. The highest BCUT2D eigenvalue weighted by molar-refractivity contribution is 9.10. The molecule has 0 spiro atoms. The third kappa shape index (κ3) is 1.90. The normalized spacial score (nSPS) is 10.1. The summed E-state index contributed by atoms with van der Waals surface area (Å²) < 4.78 is 0.540. The van der Waals surface area contributed by atoms with Crippen LogP contribution in [0.4, 0.5) is 0 Å². The van der Waals surface area contributed by atoms with Crippen LogP contribution in [0, 0.1) is 0 Å². The third-order valence-corrected chi connectivity index (χ3v) is 2.15. The summed E-state index contributed by atoms with van der Waals surface area (Å²) in [6, 6.07) is 8.74. The van der Waals surface area contributed by atoms with Gasteiger partial charge in [-0.3, -0.25) is 0 Å². The molecule has 1 N–H and O–H groups in total. The smallest absolute Gasteiger partial charge is 0.197 e. The molecule has 70 valence electrons. The van der Waals surface area contributed by atoms with Crippen molar-refractivity contribution in [2.75, 3.05) is 0 Å². The number of hydrogen-bond acceptors (Lipinski definition) is 3. The van der Waals surface area contributed by atoms with Crippen LogP contribution >= 0.6 is 15.9 Å². The van der Waals surface area contributed by atoms with Crippen LogP contribution in [0.3, 0.4) is 0 Å². The molecule has 1 aromatic carbocycles. The summed E-state index contributed by atoms with van der Waals surface area (Å²) in [4.78, 5) is 8.11. The largest absolute Gasteiger partial charge is 0.508 e. The second-order valence-corrected chi connectivity index (χ2v) is 3.47. The van der Waals surface area contributed by atoms with Gasteiger partial charge in [-0.05, 0) is 34.1 Å². The molecule has 3 nitrogen and oxygen atoms in total. The van der Waals surface area contributed by atoms with Crippen LogP contribution in [0.15, 0.2) is 41.3 Å². The number of hydrogen-bond donors (Lipinski definition) is 1. The first-order valence-electron chi connectivity index (χ1n) is 4.03. The molecular formula is C10H7BrN2O. The molecule has 2 rings (SSSR count). The maximum Gasteiger partial charge on any atom is 0.197 e. The Morgan fingerprint density at radius 1 is 1.21 bits per heavy atom. The van der Waals surface area contributed by atoms with E-state index in [0.717, 1.165) is 11.3 Å². The summed E-state index contributed by atoms with van der Waals surface area (Å²) >= 11 is 3.19. The minimum atomic E-state index is 0.234. The molecule has 0 aliphatic heterocycles. The van der Waals surface area contributed by atoms with Crippen molar-refractivity contribution < 1.29 is 5.11 Å². The van der Waals surface area contributed by atoms with E-state index in [-0.39, 0.29) is 5.75 Å². The Morgan fingerprint density at radius 2 is 2.07 bits per heavy atom. The highest BCUT2D eigenvalue weighted by atomic mass is 79.9. The van der Waals surface area contributed by atoms with Crippen LogP contribution in [0.5, 0.6) is 5.75 Å². The van der Waals surface area contributed by atoms with E-state index in [1.807, 2.05) is 6.07 Å². The average molecular weight is 251 g/mol. The third-order valence-electron chi connectivity index (χ3n) is 1.77. The van der Waals surface area contributed by atoms with E-state index < -0.39 is 0 Å². The molecule has 0 bridgehead atoms. The summed E-state index contributed by atoms with van der Waals surface area (Å²) in [5.74, 6) is 0.234. The van der Waals surface area contributed by atoms with Crippen molar-refractivity contribution in [3.63, 3.8) is 0 Å². The van der Waals surface area contributed by atoms with E-state index in [9.17, 15) is 5.11 Å². The molecule has 4 heteroatoms. The monoisotopic (exact) mass is 250 g/mol. The van der Waals surface area contributed by atoms with Crippen LogP contribution in [0.25, 0.3) is 11.3 Å². The van der Waals surface area contributed by atoms with Crippen molar-refractivity contribution in [3.8, 4) is 17.0 Å². The number of halogens is 1. The van der Waals surface area contributed by atoms with Gasteiger partial charge in [0.25, 0.3) is 0 Å². The lowest BCUT2D eigenvalue weighted by atomic mass is 10.1. The zero-order valence-electron chi connectivity index (χ0n) is 7.18. The van der Waals surface area contributed by atoms with Crippen LogP contribution in [0.1, 0.15) is 0 Å². The predicted molar refractivity (Wildman–Crippen MR) is 56.8 cm³/mol. The van der Waals surface area contributed by atoms with E-state index in [1.165, 1.54) is 0 Å². The molecule has 0 radical (unpaired) electrons. The van der Waals surface area contributed by atoms with E-state index >= 15 is 0 Å². The van der Waals surface area contributed by atoms with Gasteiger partial charge in [-0.25, -0.2) is 9.97 Å². The molecule has 0 atom stereocenters. The molecule has 2 aromatic rings. The Hall–Kier alpha value is -1.42. The van der Waals surface area contributed by atoms with E-state index in [4.69, 9.17) is 0 Å². The fourth-order valence-electron chi connectivity index (χ4n) is 1.16. The number of rotatable bonds is 1. The second-order valence-electron chi connectivity index (χ2n) is 2.76. The summed E-state index contributed by atoms with van der Waals surface area (Å²) in [6.07, 6.45) is 1.66. The van der Waals surface area contributed by atoms with Crippen molar-refractivity contribution in [1.82, 2.24) is 9.97 Å². The lowest BCUT2D eigenvalue weighted by Gasteiger charge is -2.00. The van der Waals surface area contributed by atoms with E-state index in [2.05, 4.69) is 25.9 Å². The molecular weight excluding hydrogens is 244 g/mol. The molecule has 0 saturated heterocycles. The number of nitrogens with zero attached hydrogens (tertiary/aromatic N) is 2. The Kier molecular flexibility index (Phi) is 2.45. The number of phenols is 1. The summed E-state index contributed by atoms with van der Waals surface area (Å²) in [7, 11) is 0. The van der Waals surface area contributed by atoms with Crippen LogP contribution < -0.4 is 0 Å². The van der Waals surface area contributed by atoms with Gasteiger partial charge >= 0.3 is 0 Å². The minimum absolute atomic E-state index is 0.234. The molecule has 0 aliphatic rings. The SMILES string of the molecule is Oc1cccc(-c2ccnc(Br)n2)c1. The maximum atomic E-state index is 9.29. The van der Waals surface area contributed by atoms with Gasteiger partial charge in [-0.2, -0.15) is 0 Å². The molecule has 1 aromatic heterocycles. The Balaban J connectivity index is 2.49. The van der Waals surface area contributed by atoms with Gasteiger partial charge in [0, 0.05) is 11.8 Å². The maximum absolute atomic E-state index is 9.29. The van der Waals surface area contributed by atoms with Crippen molar-refractivity contribution in [3.05, 3.63) is 41.3 Å². The Morgan fingerprint density at radius 3 is 2.79 bits per heavy atom. The molecule has 0 fully saturated rings. The van der Waals surface area contributed by atoms with Crippen LogP contribution in [-0.2, 0) is 0 Å². The zero-order valence-corrected chi connectivity index (χ0v) is 8.77. The number of phenolic OH excluding ortho intramolecular Hbond substituents is 1. The van der Waals surface area contributed by atoms with Gasteiger partial charge in [0.2, 0.25) is 0 Å². The van der Waals surface area contributed by atoms with E-state index in [1.54, 1.807) is 30.5 Å². The molecule has 0 unspecified atom stereocenters. The first-order valence-corrected chi connectivity index (χ1v) is 4.83. The molecule has 0 saturated carbocycles. The van der Waals surface area contributed by atoms with Gasteiger partial charge in [-0.15, -0.1) is 0 Å². The molecule has 1 heterocycles. The Bertz CT molecular complexity index is 416. The van der Waals surface area contributed by atoms with Crippen molar-refractivity contribution in [2.24, 2.45) is 0 Å². The molecule has 0 aliphatic carbocycles. The van der Waals surface area contributed by atoms with Gasteiger partial charge in [0.1, 0.15) is 5.75 Å². The quantitative estimate of drug-likeness (QED) is 0.792. The highest BCUT2D eigenvalue weighted by Crippen LogP contribution is 2.21. The van der Waals surface area contributed by atoms with Crippen LogP contribution in [0.2, 0.25) is 0 Å². The predicted octanol–water partition coefficient (Wildman–Crippen LogP) is 2.61. The fourth-order valence-corrected chi connectivity index (χ4v) is 1.47. The number of benzene rings is 1.